The Kier molecular flexibility index (Phi) is 5.17. The number of para-hydroxylation sites is 1. The van der Waals surface area contributed by atoms with Gasteiger partial charge in [0.15, 0.2) is 5.58 Å². The van der Waals surface area contributed by atoms with E-state index >= 15 is 0 Å². The highest BCUT2D eigenvalue weighted by Gasteiger charge is 2.17. The fourth-order valence-electron chi connectivity index (χ4n) is 2.55. The molecule has 0 aliphatic heterocycles. The Hall–Kier alpha value is -3.35. The molecule has 1 heterocycles. The smallest absolute Gasteiger partial charge is 0.243 e. The van der Waals surface area contributed by atoms with Crippen LogP contribution >= 0.6 is 0 Å². The molecule has 0 spiro atoms. The van der Waals surface area contributed by atoms with Crippen LogP contribution in [0.3, 0.4) is 0 Å². The van der Waals surface area contributed by atoms with Crippen molar-refractivity contribution in [3.05, 3.63) is 54.2 Å². The van der Waals surface area contributed by atoms with Crippen molar-refractivity contribution in [2.24, 2.45) is 0 Å². The Labute approximate surface area is 150 Å². The number of aromatic nitrogens is 1. The van der Waals surface area contributed by atoms with Gasteiger partial charge in [-0.15, -0.1) is 0 Å². The molecule has 134 valence electrons. The van der Waals surface area contributed by atoms with Gasteiger partial charge in [0, 0.05) is 24.2 Å². The number of likely N-dealkylation sites (N-methyl/N-ethyl adjacent to an activating group) is 1. The van der Waals surface area contributed by atoms with E-state index in [-0.39, 0.29) is 24.8 Å². The van der Waals surface area contributed by atoms with Crippen LogP contribution in [-0.2, 0) is 16.0 Å². The van der Waals surface area contributed by atoms with Crippen LogP contribution < -0.4 is 10.1 Å². The third kappa shape index (κ3) is 4.00. The Balaban J connectivity index is 1.59. The summed E-state index contributed by atoms with van der Waals surface area (Å²) in [7, 11) is 3.14. The van der Waals surface area contributed by atoms with Crippen molar-refractivity contribution in [2.45, 2.75) is 6.42 Å². The number of ether oxygens (including phenoxy) is 1. The van der Waals surface area contributed by atoms with Gasteiger partial charge in [0.1, 0.15) is 11.4 Å². The largest absolute Gasteiger partial charge is 0.497 e. The highest BCUT2D eigenvalue weighted by Crippen LogP contribution is 2.19. The highest BCUT2D eigenvalue weighted by atomic mass is 16.5. The zero-order chi connectivity index (χ0) is 18.5. The number of nitrogens with zero attached hydrogens (tertiary/aromatic N) is 2. The summed E-state index contributed by atoms with van der Waals surface area (Å²) in [6, 6.07) is 14.4. The van der Waals surface area contributed by atoms with Crippen LogP contribution in [0.1, 0.15) is 5.69 Å². The minimum atomic E-state index is -0.292. The molecule has 7 nitrogen and oxygen atoms in total. The zero-order valence-electron chi connectivity index (χ0n) is 14.6. The second kappa shape index (κ2) is 7.69. The van der Waals surface area contributed by atoms with Crippen LogP contribution in [0.5, 0.6) is 5.75 Å². The number of amides is 2. The van der Waals surface area contributed by atoms with E-state index in [2.05, 4.69) is 10.5 Å². The van der Waals surface area contributed by atoms with Gasteiger partial charge < -0.3 is 19.5 Å². The van der Waals surface area contributed by atoms with E-state index in [9.17, 15) is 9.59 Å². The lowest BCUT2D eigenvalue weighted by Gasteiger charge is -2.16. The summed E-state index contributed by atoms with van der Waals surface area (Å²) < 4.78 is 10.3. The molecule has 0 bridgehead atoms. The summed E-state index contributed by atoms with van der Waals surface area (Å²) in [6.45, 7) is -0.0637. The molecule has 1 aromatic heterocycles. The second-order valence-corrected chi connectivity index (χ2v) is 5.83. The minimum absolute atomic E-state index is 0.0637. The van der Waals surface area contributed by atoms with Crippen LogP contribution in [0.4, 0.5) is 5.69 Å². The molecule has 2 amide bonds. The molecule has 7 heteroatoms. The number of carbonyl (C=O) groups is 2. The van der Waals surface area contributed by atoms with Crippen LogP contribution in [0.15, 0.2) is 53.1 Å². The summed E-state index contributed by atoms with van der Waals surface area (Å²) in [5.74, 6) is 0.133. The maximum absolute atomic E-state index is 12.4. The first kappa shape index (κ1) is 17.5. The summed E-state index contributed by atoms with van der Waals surface area (Å²) in [5.41, 5.74) is 1.80. The summed E-state index contributed by atoms with van der Waals surface area (Å²) >= 11 is 0. The molecule has 0 aliphatic rings. The van der Waals surface area contributed by atoms with E-state index in [0.717, 1.165) is 5.39 Å². The van der Waals surface area contributed by atoms with E-state index in [1.54, 1.807) is 44.5 Å². The average Bonchev–Trinajstić information content (AvgIpc) is 3.04. The zero-order valence-corrected chi connectivity index (χ0v) is 14.6. The van der Waals surface area contributed by atoms with Crippen molar-refractivity contribution in [3.8, 4) is 5.75 Å². The van der Waals surface area contributed by atoms with E-state index in [0.29, 0.717) is 22.7 Å². The van der Waals surface area contributed by atoms with Crippen LogP contribution in [0.2, 0.25) is 0 Å². The first-order valence-electron chi connectivity index (χ1n) is 8.08. The summed E-state index contributed by atoms with van der Waals surface area (Å²) in [4.78, 5) is 25.9. The van der Waals surface area contributed by atoms with Crippen LogP contribution in [0, 0.1) is 0 Å². The van der Waals surface area contributed by atoms with E-state index in [1.165, 1.54) is 4.90 Å². The molecular formula is C19H19N3O4. The van der Waals surface area contributed by atoms with Gasteiger partial charge in [-0.1, -0.05) is 23.4 Å². The maximum Gasteiger partial charge on any atom is 0.243 e. The fourth-order valence-corrected chi connectivity index (χ4v) is 2.55. The van der Waals surface area contributed by atoms with Crippen molar-refractivity contribution in [3.63, 3.8) is 0 Å². The van der Waals surface area contributed by atoms with Gasteiger partial charge in [-0.25, -0.2) is 0 Å². The third-order valence-corrected chi connectivity index (χ3v) is 3.93. The number of hydrogen-bond acceptors (Lipinski definition) is 5. The van der Waals surface area contributed by atoms with E-state index in [1.807, 2.05) is 18.2 Å². The molecule has 0 radical (unpaired) electrons. The molecule has 1 N–H and O–H groups in total. The van der Waals surface area contributed by atoms with Crippen molar-refractivity contribution in [1.82, 2.24) is 10.1 Å². The number of carbonyl (C=O) groups excluding carboxylic acids is 2. The van der Waals surface area contributed by atoms with Crippen LogP contribution in [0.25, 0.3) is 11.0 Å². The predicted octanol–water partition coefficient (Wildman–Crippen LogP) is 2.48. The Morgan fingerprint density at radius 1 is 1.19 bits per heavy atom. The normalized spacial score (nSPS) is 10.5. The number of hydrogen-bond donors (Lipinski definition) is 1. The molecule has 3 rings (SSSR count). The lowest BCUT2D eigenvalue weighted by molar-refractivity contribution is -0.132. The standard InChI is InChI=1S/C19H19N3O4/c1-22(12-18(23)20-13-6-5-7-14(10-13)25-2)19(24)11-16-15-8-3-4-9-17(15)26-21-16/h3-10H,11-12H2,1-2H3,(H,20,23). The topological polar surface area (TPSA) is 84.7 Å². The molecule has 0 saturated heterocycles. The first-order chi connectivity index (χ1) is 12.6. The Morgan fingerprint density at radius 2 is 2.00 bits per heavy atom. The van der Waals surface area contributed by atoms with Gasteiger partial charge >= 0.3 is 0 Å². The third-order valence-electron chi connectivity index (χ3n) is 3.93. The van der Waals surface area contributed by atoms with Gasteiger partial charge in [-0.2, -0.15) is 0 Å². The molecule has 0 aliphatic carbocycles. The van der Waals surface area contributed by atoms with E-state index < -0.39 is 0 Å². The SMILES string of the molecule is COc1cccc(NC(=O)CN(C)C(=O)Cc2noc3ccccc23)c1. The monoisotopic (exact) mass is 353 g/mol. The van der Waals surface area contributed by atoms with E-state index in [4.69, 9.17) is 9.26 Å². The summed E-state index contributed by atoms with van der Waals surface area (Å²) in [6.07, 6.45) is 0.0694. The molecule has 2 aromatic carbocycles. The highest BCUT2D eigenvalue weighted by molar-refractivity contribution is 5.95. The van der Waals surface area contributed by atoms with Gasteiger partial charge in [-0.05, 0) is 24.3 Å². The van der Waals surface area contributed by atoms with Crippen molar-refractivity contribution in [2.75, 3.05) is 26.0 Å². The lowest BCUT2D eigenvalue weighted by atomic mass is 10.1. The molecule has 0 atom stereocenters. The molecule has 3 aromatic rings. The fraction of sp³-hybridized carbons (Fsp3) is 0.211. The average molecular weight is 353 g/mol. The lowest BCUT2D eigenvalue weighted by Crippen LogP contribution is -2.35. The number of methoxy groups -OCH3 is 1. The summed E-state index contributed by atoms with van der Waals surface area (Å²) in [5, 5.41) is 7.49. The number of fused-ring (bicyclic) bond motifs is 1. The Bertz CT molecular complexity index is 935. The van der Waals surface area contributed by atoms with Crippen molar-refractivity contribution < 1.29 is 18.8 Å². The predicted molar refractivity (Wildman–Crippen MR) is 97.0 cm³/mol. The molecule has 0 unspecified atom stereocenters. The van der Waals surface area contributed by atoms with Gasteiger partial charge in [-0.3, -0.25) is 9.59 Å². The molecule has 0 saturated carbocycles. The number of anilines is 1. The van der Waals surface area contributed by atoms with Gasteiger partial charge in [0.25, 0.3) is 0 Å². The molecule has 0 fully saturated rings. The second-order valence-electron chi connectivity index (χ2n) is 5.83. The van der Waals surface area contributed by atoms with Crippen molar-refractivity contribution in [1.29, 1.82) is 0 Å². The minimum Gasteiger partial charge on any atom is -0.497 e. The molecule has 26 heavy (non-hydrogen) atoms. The van der Waals surface area contributed by atoms with Gasteiger partial charge in [0.2, 0.25) is 11.8 Å². The van der Waals surface area contributed by atoms with Crippen LogP contribution in [-0.4, -0.2) is 42.6 Å². The number of benzene rings is 2. The maximum atomic E-state index is 12.4. The van der Waals surface area contributed by atoms with Gasteiger partial charge in [0.05, 0.1) is 20.1 Å². The van der Waals surface area contributed by atoms with Crippen molar-refractivity contribution >= 4 is 28.5 Å². The molecular weight excluding hydrogens is 334 g/mol. The quantitative estimate of drug-likeness (QED) is 0.736. The first-order valence-corrected chi connectivity index (χ1v) is 8.08. The number of nitrogens with one attached hydrogen (secondary N) is 1. The Morgan fingerprint density at radius 3 is 2.81 bits per heavy atom. The number of rotatable bonds is 6.